The third kappa shape index (κ3) is 5.59. The molecule has 1 unspecified atom stereocenters. The van der Waals surface area contributed by atoms with Crippen molar-refractivity contribution in [1.29, 1.82) is 0 Å². The Morgan fingerprint density at radius 2 is 1.80 bits per heavy atom. The SMILES string of the molecule is CC(C)C(=O)N1CCCC(C(=O)NCCNC(=O)c2ccccc2)C1. The predicted molar refractivity (Wildman–Crippen MR) is 95.9 cm³/mol. The van der Waals surface area contributed by atoms with Crippen LogP contribution in [0.3, 0.4) is 0 Å². The van der Waals surface area contributed by atoms with E-state index in [1.807, 2.05) is 32.0 Å². The summed E-state index contributed by atoms with van der Waals surface area (Å²) < 4.78 is 0. The van der Waals surface area contributed by atoms with Gasteiger partial charge in [0.1, 0.15) is 0 Å². The Kier molecular flexibility index (Phi) is 6.98. The third-order valence-electron chi connectivity index (χ3n) is 4.34. The lowest BCUT2D eigenvalue weighted by Gasteiger charge is -2.33. The smallest absolute Gasteiger partial charge is 0.251 e. The minimum Gasteiger partial charge on any atom is -0.354 e. The van der Waals surface area contributed by atoms with Gasteiger partial charge in [0, 0.05) is 37.7 Å². The summed E-state index contributed by atoms with van der Waals surface area (Å²) in [6, 6.07) is 8.97. The fraction of sp³-hybridized carbons (Fsp3) is 0.526. The van der Waals surface area contributed by atoms with E-state index in [4.69, 9.17) is 0 Å². The molecule has 1 aliphatic heterocycles. The first kappa shape index (κ1) is 19.0. The van der Waals surface area contributed by atoms with Gasteiger partial charge in [0.2, 0.25) is 11.8 Å². The minimum absolute atomic E-state index is 0.0461. The topological polar surface area (TPSA) is 78.5 Å². The molecule has 0 spiro atoms. The van der Waals surface area contributed by atoms with Gasteiger partial charge in [-0.3, -0.25) is 14.4 Å². The fourth-order valence-electron chi connectivity index (χ4n) is 2.95. The van der Waals surface area contributed by atoms with E-state index in [1.54, 1.807) is 17.0 Å². The summed E-state index contributed by atoms with van der Waals surface area (Å²) in [5, 5.41) is 5.64. The number of piperidine rings is 1. The molecular weight excluding hydrogens is 318 g/mol. The highest BCUT2D eigenvalue weighted by atomic mass is 16.2. The van der Waals surface area contributed by atoms with Gasteiger partial charge in [-0.15, -0.1) is 0 Å². The van der Waals surface area contributed by atoms with Gasteiger partial charge in [-0.25, -0.2) is 0 Å². The summed E-state index contributed by atoms with van der Waals surface area (Å²) in [4.78, 5) is 38.1. The van der Waals surface area contributed by atoms with Crippen LogP contribution in [0.2, 0.25) is 0 Å². The number of nitrogens with zero attached hydrogens (tertiary/aromatic N) is 1. The maximum atomic E-state index is 12.3. The molecule has 2 rings (SSSR count). The highest BCUT2D eigenvalue weighted by Gasteiger charge is 2.29. The maximum Gasteiger partial charge on any atom is 0.251 e. The van der Waals surface area contributed by atoms with E-state index in [2.05, 4.69) is 10.6 Å². The zero-order valence-electron chi connectivity index (χ0n) is 15.0. The molecule has 1 aromatic rings. The molecule has 1 aliphatic rings. The molecule has 1 aromatic carbocycles. The lowest BCUT2D eigenvalue weighted by Crippen LogP contribution is -2.47. The highest BCUT2D eigenvalue weighted by Crippen LogP contribution is 2.18. The quantitative estimate of drug-likeness (QED) is 0.766. The molecule has 1 saturated heterocycles. The number of carbonyl (C=O) groups is 3. The van der Waals surface area contributed by atoms with Crippen molar-refractivity contribution < 1.29 is 14.4 Å². The zero-order valence-corrected chi connectivity index (χ0v) is 15.0. The standard InChI is InChI=1S/C19H27N3O3/c1-14(2)19(25)22-12-6-9-16(13-22)18(24)21-11-10-20-17(23)15-7-4-3-5-8-15/h3-5,7-8,14,16H,6,9-13H2,1-2H3,(H,20,23)(H,21,24). The molecule has 2 N–H and O–H groups in total. The van der Waals surface area contributed by atoms with Crippen molar-refractivity contribution in [2.75, 3.05) is 26.2 Å². The van der Waals surface area contributed by atoms with Gasteiger partial charge in [0.05, 0.1) is 5.92 Å². The van der Waals surface area contributed by atoms with Crippen LogP contribution in [-0.4, -0.2) is 48.8 Å². The first-order valence-electron chi connectivity index (χ1n) is 8.88. The van der Waals surface area contributed by atoms with Crippen molar-refractivity contribution in [3.8, 4) is 0 Å². The Morgan fingerprint density at radius 1 is 1.12 bits per heavy atom. The van der Waals surface area contributed by atoms with Gasteiger partial charge in [0.25, 0.3) is 5.91 Å². The van der Waals surface area contributed by atoms with Gasteiger partial charge in [-0.05, 0) is 25.0 Å². The van der Waals surface area contributed by atoms with Crippen LogP contribution in [-0.2, 0) is 9.59 Å². The second-order valence-electron chi connectivity index (χ2n) is 6.69. The molecule has 0 bridgehead atoms. The van der Waals surface area contributed by atoms with Crippen molar-refractivity contribution in [3.05, 3.63) is 35.9 Å². The second-order valence-corrected chi connectivity index (χ2v) is 6.69. The molecule has 136 valence electrons. The monoisotopic (exact) mass is 345 g/mol. The van der Waals surface area contributed by atoms with E-state index < -0.39 is 0 Å². The summed E-state index contributed by atoms with van der Waals surface area (Å²) in [6.45, 7) is 5.73. The fourth-order valence-corrected chi connectivity index (χ4v) is 2.95. The molecule has 1 atom stereocenters. The summed E-state index contributed by atoms with van der Waals surface area (Å²) in [6.07, 6.45) is 1.64. The van der Waals surface area contributed by atoms with Crippen LogP contribution in [0.15, 0.2) is 30.3 Å². The van der Waals surface area contributed by atoms with E-state index in [0.29, 0.717) is 25.2 Å². The first-order chi connectivity index (χ1) is 12.0. The second kappa shape index (κ2) is 9.20. The van der Waals surface area contributed by atoms with E-state index in [9.17, 15) is 14.4 Å². The highest BCUT2D eigenvalue weighted by molar-refractivity contribution is 5.94. The number of hydrogen-bond acceptors (Lipinski definition) is 3. The number of benzene rings is 1. The average Bonchev–Trinajstić information content (AvgIpc) is 2.65. The van der Waals surface area contributed by atoms with Gasteiger partial charge in [-0.1, -0.05) is 32.0 Å². The summed E-state index contributed by atoms with van der Waals surface area (Å²) in [5.74, 6) is -0.305. The number of rotatable bonds is 6. The lowest BCUT2D eigenvalue weighted by molar-refractivity contribution is -0.138. The van der Waals surface area contributed by atoms with Crippen LogP contribution in [0.1, 0.15) is 37.0 Å². The van der Waals surface area contributed by atoms with Crippen molar-refractivity contribution in [2.24, 2.45) is 11.8 Å². The molecule has 3 amide bonds. The van der Waals surface area contributed by atoms with Gasteiger partial charge >= 0.3 is 0 Å². The molecule has 6 heteroatoms. The average molecular weight is 345 g/mol. The summed E-state index contributed by atoms with van der Waals surface area (Å²) in [5.41, 5.74) is 0.601. The van der Waals surface area contributed by atoms with Crippen LogP contribution in [0.4, 0.5) is 0 Å². The Morgan fingerprint density at radius 3 is 2.48 bits per heavy atom. The maximum absolute atomic E-state index is 12.3. The van der Waals surface area contributed by atoms with Crippen LogP contribution >= 0.6 is 0 Å². The van der Waals surface area contributed by atoms with E-state index in [-0.39, 0.29) is 29.6 Å². The van der Waals surface area contributed by atoms with E-state index in [0.717, 1.165) is 19.4 Å². The van der Waals surface area contributed by atoms with Crippen molar-refractivity contribution in [2.45, 2.75) is 26.7 Å². The number of likely N-dealkylation sites (tertiary alicyclic amines) is 1. The van der Waals surface area contributed by atoms with Crippen molar-refractivity contribution in [3.63, 3.8) is 0 Å². The van der Waals surface area contributed by atoms with Crippen LogP contribution < -0.4 is 10.6 Å². The number of hydrogen-bond donors (Lipinski definition) is 2. The van der Waals surface area contributed by atoms with Gasteiger partial charge in [-0.2, -0.15) is 0 Å². The van der Waals surface area contributed by atoms with Crippen LogP contribution in [0, 0.1) is 11.8 Å². The Balaban J connectivity index is 1.71. The first-order valence-corrected chi connectivity index (χ1v) is 8.88. The third-order valence-corrected chi connectivity index (χ3v) is 4.34. The Hall–Kier alpha value is -2.37. The minimum atomic E-state index is -0.165. The Bertz CT molecular complexity index is 601. The predicted octanol–water partition coefficient (Wildman–Crippen LogP) is 1.43. The number of carbonyl (C=O) groups excluding carboxylic acids is 3. The Labute approximate surface area is 149 Å². The number of amides is 3. The molecule has 6 nitrogen and oxygen atoms in total. The zero-order chi connectivity index (χ0) is 18.2. The van der Waals surface area contributed by atoms with Gasteiger partial charge in [0.15, 0.2) is 0 Å². The molecule has 0 aliphatic carbocycles. The lowest BCUT2D eigenvalue weighted by atomic mass is 9.96. The van der Waals surface area contributed by atoms with Crippen molar-refractivity contribution >= 4 is 17.7 Å². The molecule has 0 aromatic heterocycles. The summed E-state index contributed by atoms with van der Waals surface area (Å²) in [7, 11) is 0. The molecule has 0 radical (unpaired) electrons. The van der Waals surface area contributed by atoms with E-state index in [1.165, 1.54) is 0 Å². The largest absolute Gasteiger partial charge is 0.354 e. The summed E-state index contributed by atoms with van der Waals surface area (Å²) >= 11 is 0. The van der Waals surface area contributed by atoms with Crippen LogP contribution in [0.25, 0.3) is 0 Å². The molecular formula is C19H27N3O3. The molecule has 1 fully saturated rings. The molecule has 25 heavy (non-hydrogen) atoms. The molecule has 0 saturated carbocycles. The number of nitrogens with one attached hydrogen (secondary N) is 2. The molecule has 1 heterocycles. The van der Waals surface area contributed by atoms with Gasteiger partial charge < -0.3 is 15.5 Å². The normalized spacial score (nSPS) is 17.2. The van der Waals surface area contributed by atoms with E-state index >= 15 is 0 Å². The van der Waals surface area contributed by atoms with Crippen molar-refractivity contribution in [1.82, 2.24) is 15.5 Å². The van der Waals surface area contributed by atoms with Crippen LogP contribution in [0.5, 0.6) is 0 Å².